The molecule has 0 radical (unpaired) electrons. The van der Waals surface area contributed by atoms with Crippen LogP contribution in [0.5, 0.6) is 0 Å². The summed E-state index contributed by atoms with van der Waals surface area (Å²) in [6.07, 6.45) is 53.9. The highest BCUT2D eigenvalue weighted by atomic mass is 31.2. The Morgan fingerprint density at radius 2 is 1.05 bits per heavy atom. The normalized spacial score (nSPS) is 14.9. The van der Waals surface area contributed by atoms with E-state index in [1.807, 2.05) is 27.2 Å². The van der Waals surface area contributed by atoms with Gasteiger partial charge < -0.3 is 28.8 Å². The maximum Gasteiger partial charge on any atom is 0.268 e. The number of hydrogen-bond acceptors (Lipinski definition) is 6. The van der Waals surface area contributed by atoms with Gasteiger partial charge in [0.25, 0.3) is 7.82 Å². The van der Waals surface area contributed by atoms with Crippen molar-refractivity contribution in [3.63, 3.8) is 0 Å². The van der Waals surface area contributed by atoms with E-state index in [4.69, 9.17) is 9.05 Å². The number of unbranched alkanes of at least 4 members (excludes halogenated alkanes) is 18. The zero-order chi connectivity index (χ0) is 42.8. The van der Waals surface area contributed by atoms with Gasteiger partial charge in [-0.25, -0.2) is 0 Å². The lowest BCUT2D eigenvalue weighted by Gasteiger charge is -2.29. The Hall–Kier alpha value is -2.06. The molecule has 0 aromatic heterocycles. The van der Waals surface area contributed by atoms with E-state index in [0.29, 0.717) is 17.4 Å². The smallest absolute Gasteiger partial charge is 0.268 e. The fraction of sp³-hybridized carbons (Fsp3) is 0.735. The second-order valence-corrected chi connectivity index (χ2v) is 18.1. The molecule has 0 fully saturated rings. The Labute approximate surface area is 357 Å². The van der Waals surface area contributed by atoms with Gasteiger partial charge in [0.05, 0.1) is 39.9 Å². The van der Waals surface area contributed by atoms with Crippen molar-refractivity contribution in [2.45, 2.75) is 193 Å². The maximum atomic E-state index is 12.8. The predicted octanol–water partition coefficient (Wildman–Crippen LogP) is 12.6. The summed E-state index contributed by atoms with van der Waals surface area (Å²) in [7, 11) is 1.22. The van der Waals surface area contributed by atoms with Crippen molar-refractivity contribution < 1.29 is 32.9 Å². The summed E-state index contributed by atoms with van der Waals surface area (Å²) in [5.74, 6) is -0.221. The molecule has 8 nitrogen and oxygen atoms in total. The number of phosphoric ester groups is 1. The number of phosphoric acid groups is 1. The first-order chi connectivity index (χ1) is 28.0. The fourth-order valence-electron chi connectivity index (χ4n) is 6.14. The van der Waals surface area contributed by atoms with E-state index in [0.717, 1.165) is 64.2 Å². The zero-order valence-electron chi connectivity index (χ0n) is 38.0. The van der Waals surface area contributed by atoms with Crippen LogP contribution in [0.3, 0.4) is 0 Å². The molecule has 2 N–H and O–H groups in total. The van der Waals surface area contributed by atoms with Crippen molar-refractivity contribution in [2.75, 3.05) is 40.9 Å². The van der Waals surface area contributed by atoms with Gasteiger partial charge in [-0.15, -0.1) is 0 Å². The highest BCUT2D eigenvalue weighted by Gasteiger charge is 2.23. The number of aliphatic hydroxyl groups is 1. The number of hydrogen-bond donors (Lipinski definition) is 2. The van der Waals surface area contributed by atoms with Gasteiger partial charge >= 0.3 is 0 Å². The Bertz CT molecular complexity index is 1170. The van der Waals surface area contributed by atoms with Gasteiger partial charge in [0.15, 0.2) is 0 Å². The van der Waals surface area contributed by atoms with Gasteiger partial charge in [-0.05, 0) is 77.0 Å². The summed E-state index contributed by atoms with van der Waals surface area (Å²) in [6.45, 7) is 4.51. The third-order valence-corrected chi connectivity index (χ3v) is 10.8. The molecular weight excluding hydrogens is 744 g/mol. The third-order valence-electron chi connectivity index (χ3n) is 9.85. The molecule has 0 aliphatic rings. The molecule has 0 aromatic rings. The number of rotatable bonds is 41. The van der Waals surface area contributed by atoms with Gasteiger partial charge in [0, 0.05) is 6.42 Å². The van der Waals surface area contributed by atoms with Gasteiger partial charge in [-0.3, -0.25) is 9.36 Å². The number of nitrogens with zero attached hydrogens (tertiary/aromatic N) is 1. The summed E-state index contributed by atoms with van der Waals surface area (Å²) in [6, 6.07) is -0.913. The average molecular weight is 833 g/mol. The van der Waals surface area contributed by atoms with Crippen molar-refractivity contribution in [3.05, 3.63) is 72.9 Å². The van der Waals surface area contributed by atoms with Crippen LogP contribution in [0, 0.1) is 0 Å². The Balaban J connectivity index is 4.29. The minimum absolute atomic E-state index is 0.0132. The molecule has 0 saturated heterocycles. The number of quaternary nitrogens is 1. The molecule has 0 aliphatic heterocycles. The van der Waals surface area contributed by atoms with E-state index in [1.165, 1.54) is 96.3 Å². The molecule has 0 spiro atoms. The SMILES string of the molecule is CCC/C=C/CC/C=C/CC/C=C/C(O)C(COP(=O)([O-])OCC[N+](C)(C)C)NC(=O)CCCCCCCCCCCC/C=C\C/C=C\C/C=C\CCCCCCC. The number of aliphatic hydroxyl groups excluding tert-OH is 1. The van der Waals surface area contributed by atoms with E-state index in [9.17, 15) is 19.4 Å². The number of amides is 1. The van der Waals surface area contributed by atoms with Crippen molar-refractivity contribution in [2.24, 2.45) is 0 Å². The van der Waals surface area contributed by atoms with Crippen molar-refractivity contribution in [1.82, 2.24) is 5.32 Å². The van der Waals surface area contributed by atoms with Crippen LogP contribution in [0.25, 0.3) is 0 Å². The lowest BCUT2D eigenvalue weighted by Crippen LogP contribution is -2.45. The Morgan fingerprint density at radius 3 is 1.57 bits per heavy atom. The molecule has 0 rings (SSSR count). The average Bonchev–Trinajstić information content (AvgIpc) is 3.17. The quantitative estimate of drug-likeness (QED) is 0.0275. The van der Waals surface area contributed by atoms with Crippen LogP contribution in [-0.4, -0.2) is 68.5 Å². The standard InChI is InChI=1S/C49H89N2O6P/c1-6-8-10-12-14-16-18-19-20-21-22-23-24-25-26-27-28-29-30-31-33-35-37-39-41-43-49(53)50-47(46-57-58(54,55)56-45-44-51(3,4)5)48(52)42-40-38-36-34-32-17-15-13-11-9-7-2/h11,13,18-19,21-22,24-25,32,34,40,42,47-48,52H,6-10,12,14-17,20,23,26-31,33,35-39,41,43-46H2,1-5H3,(H-,50,53,54,55)/b13-11+,19-18-,22-21-,25-24-,34-32+,42-40+. The number of nitrogens with one attached hydrogen (secondary N) is 1. The summed E-state index contributed by atoms with van der Waals surface area (Å²) < 4.78 is 23.1. The lowest BCUT2D eigenvalue weighted by molar-refractivity contribution is -0.870. The maximum absolute atomic E-state index is 12.8. The van der Waals surface area contributed by atoms with Crippen LogP contribution >= 0.6 is 7.82 Å². The van der Waals surface area contributed by atoms with E-state index in [1.54, 1.807) is 6.08 Å². The lowest BCUT2D eigenvalue weighted by atomic mass is 10.0. The molecule has 58 heavy (non-hydrogen) atoms. The number of carbonyl (C=O) groups excluding carboxylic acids is 1. The predicted molar refractivity (Wildman–Crippen MR) is 247 cm³/mol. The molecular formula is C49H89N2O6P. The number of allylic oxidation sites excluding steroid dienone is 11. The topological polar surface area (TPSA) is 108 Å². The molecule has 0 saturated carbocycles. The van der Waals surface area contributed by atoms with Crippen LogP contribution in [0.15, 0.2) is 72.9 Å². The summed E-state index contributed by atoms with van der Waals surface area (Å²) >= 11 is 0. The molecule has 0 bridgehead atoms. The van der Waals surface area contributed by atoms with E-state index >= 15 is 0 Å². The van der Waals surface area contributed by atoms with Gasteiger partial charge in [0.1, 0.15) is 13.2 Å². The monoisotopic (exact) mass is 833 g/mol. The Morgan fingerprint density at radius 1 is 0.603 bits per heavy atom. The van der Waals surface area contributed by atoms with Crippen LogP contribution in [0.4, 0.5) is 0 Å². The third kappa shape index (κ3) is 42.1. The van der Waals surface area contributed by atoms with E-state index in [-0.39, 0.29) is 12.5 Å². The molecule has 3 unspecified atom stereocenters. The van der Waals surface area contributed by atoms with Crippen molar-refractivity contribution in [1.29, 1.82) is 0 Å². The molecule has 1 amide bonds. The largest absolute Gasteiger partial charge is 0.756 e. The Kier molecular flexibility index (Phi) is 38.9. The van der Waals surface area contributed by atoms with E-state index < -0.39 is 26.6 Å². The van der Waals surface area contributed by atoms with Crippen LogP contribution in [-0.2, 0) is 18.4 Å². The van der Waals surface area contributed by atoms with Gasteiger partial charge in [-0.2, -0.15) is 0 Å². The van der Waals surface area contributed by atoms with E-state index in [2.05, 4.69) is 79.9 Å². The second kappa shape index (κ2) is 40.4. The minimum Gasteiger partial charge on any atom is -0.756 e. The number of likely N-dealkylation sites (N-methyl/N-ethyl adjacent to an activating group) is 1. The first-order valence-electron chi connectivity index (χ1n) is 23.3. The molecule has 0 aromatic carbocycles. The van der Waals surface area contributed by atoms with Gasteiger partial charge in [-0.1, -0.05) is 170 Å². The first-order valence-corrected chi connectivity index (χ1v) is 24.8. The first kappa shape index (κ1) is 55.9. The fourth-order valence-corrected chi connectivity index (χ4v) is 6.86. The van der Waals surface area contributed by atoms with Crippen molar-refractivity contribution >= 4 is 13.7 Å². The van der Waals surface area contributed by atoms with Crippen LogP contribution < -0.4 is 10.2 Å². The van der Waals surface area contributed by atoms with Gasteiger partial charge in [0.2, 0.25) is 5.91 Å². The molecule has 0 aliphatic carbocycles. The number of carbonyl (C=O) groups is 1. The van der Waals surface area contributed by atoms with Crippen LogP contribution in [0.2, 0.25) is 0 Å². The molecule has 0 heterocycles. The highest BCUT2D eigenvalue weighted by molar-refractivity contribution is 7.45. The summed E-state index contributed by atoms with van der Waals surface area (Å²) in [5.41, 5.74) is 0. The zero-order valence-corrected chi connectivity index (χ0v) is 38.9. The minimum atomic E-state index is -4.60. The molecule has 9 heteroatoms. The molecule has 336 valence electrons. The van der Waals surface area contributed by atoms with Crippen LogP contribution in [0.1, 0.15) is 181 Å². The summed E-state index contributed by atoms with van der Waals surface area (Å²) in [5, 5.41) is 13.7. The molecule has 3 atom stereocenters. The van der Waals surface area contributed by atoms with Crippen molar-refractivity contribution in [3.8, 4) is 0 Å². The second-order valence-electron chi connectivity index (χ2n) is 16.7. The summed E-state index contributed by atoms with van der Waals surface area (Å²) in [4.78, 5) is 25.3. The highest BCUT2D eigenvalue weighted by Crippen LogP contribution is 2.38.